The summed E-state index contributed by atoms with van der Waals surface area (Å²) in [5.74, 6) is 0.402. The minimum atomic E-state index is -1.05. The van der Waals surface area contributed by atoms with Crippen LogP contribution in [0, 0.1) is 17.3 Å². The number of esters is 1. The van der Waals surface area contributed by atoms with Crippen molar-refractivity contribution in [3.05, 3.63) is 23.8 Å². The molecule has 4 aliphatic heterocycles. The highest BCUT2D eigenvalue weighted by molar-refractivity contribution is 6.16. The molecule has 4 fully saturated rings. The van der Waals surface area contributed by atoms with Crippen molar-refractivity contribution in [2.75, 3.05) is 32.6 Å². The summed E-state index contributed by atoms with van der Waals surface area (Å²) in [5, 5.41) is 14.1. The van der Waals surface area contributed by atoms with Gasteiger partial charge in [0.25, 0.3) is 0 Å². The number of anilines is 1. The Labute approximate surface area is 170 Å². The second-order valence-electron chi connectivity index (χ2n) is 9.13. The monoisotopic (exact) mass is 400 g/mol. The van der Waals surface area contributed by atoms with Crippen LogP contribution in [0.2, 0.25) is 0 Å². The summed E-state index contributed by atoms with van der Waals surface area (Å²) in [4.78, 5) is 29.7. The molecule has 1 aliphatic carbocycles. The van der Waals surface area contributed by atoms with E-state index in [2.05, 4.69) is 10.2 Å². The molecule has 1 unspecified atom stereocenters. The van der Waals surface area contributed by atoms with E-state index >= 15 is 0 Å². The number of aliphatic hydroxyl groups excluding tert-OH is 1. The normalized spacial score (nSPS) is 40.3. The van der Waals surface area contributed by atoms with E-state index in [1.54, 1.807) is 20.1 Å². The van der Waals surface area contributed by atoms with Crippen LogP contribution in [0.4, 0.5) is 5.69 Å². The van der Waals surface area contributed by atoms with Crippen LogP contribution in [-0.2, 0) is 9.53 Å². The van der Waals surface area contributed by atoms with E-state index in [-0.39, 0.29) is 29.6 Å². The average molecular weight is 400 g/mol. The number of benzene rings is 1. The summed E-state index contributed by atoms with van der Waals surface area (Å²) in [6.45, 7) is 3.42. The SMILES string of the molecule is COC(=O)[C@]12C[C@@H]3C[C@@H]([C@H](C)O)[C@H]1N(CC[C@@]21Nc2ccc(OC)cc2C1=O)C3. The lowest BCUT2D eigenvalue weighted by atomic mass is 9.47. The van der Waals surface area contributed by atoms with Gasteiger partial charge in [-0.1, -0.05) is 0 Å². The van der Waals surface area contributed by atoms with Crippen LogP contribution in [0.25, 0.3) is 0 Å². The molecule has 6 rings (SSSR count). The lowest BCUT2D eigenvalue weighted by Gasteiger charge is -2.67. The van der Waals surface area contributed by atoms with Crippen molar-refractivity contribution in [1.29, 1.82) is 0 Å². The summed E-state index contributed by atoms with van der Waals surface area (Å²) >= 11 is 0. The lowest BCUT2D eigenvalue weighted by Crippen LogP contribution is -2.80. The molecule has 5 aliphatic rings. The van der Waals surface area contributed by atoms with Gasteiger partial charge in [-0.25, -0.2) is 0 Å². The Morgan fingerprint density at radius 2 is 2.17 bits per heavy atom. The zero-order valence-electron chi connectivity index (χ0n) is 17.1. The minimum Gasteiger partial charge on any atom is -0.497 e. The molecule has 7 atom stereocenters. The minimum absolute atomic E-state index is 0.0617. The maximum atomic E-state index is 13.9. The first-order chi connectivity index (χ1) is 13.9. The number of methoxy groups -OCH3 is 2. The molecular weight excluding hydrogens is 372 g/mol. The first-order valence-electron chi connectivity index (χ1n) is 10.4. The highest BCUT2D eigenvalue weighted by atomic mass is 16.5. The maximum Gasteiger partial charge on any atom is 0.316 e. The van der Waals surface area contributed by atoms with Crippen LogP contribution in [0.15, 0.2) is 18.2 Å². The van der Waals surface area contributed by atoms with Gasteiger partial charge in [0.15, 0.2) is 5.78 Å². The Bertz CT molecular complexity index is 886. The number of Topliss-reactive ketones (excluding diaryl/α,β-unsaturated/α-hetero) is 1. The summed E-state index contributed by atoms with van der Waals surface area (Å²) in [6, 6.07) is 5.21. The van der Waals surface area contributed by atoms with Gasteiger partial charge >= 0.3 is 5.97 Å². The van der Waals surface area contributed by atoms with Crippen molar-refractivity contribution >= 4 is 17.4 Å². The predicted octanol–water partition coefficient (Wildman–Crippen LogP) is 1.70. The van der Waals surface area contributed by atoms with Crippen molar-refractivity contribution in [3.63, 3.8) is 0 Å². The molecule has 0 amide bonds. The van der Waals surface area contributed by atoms with Crippen molar-refractivity contribution in [2.24, 2.45) is 17.3 Å². The standard InChI is InChI=1S/C22H28N2O5/c1-12(25)15-8-13-10-21(20(27)29-3)18(15)24(11-13)7-6-22(21)19(26)16-9-14(28-2)4-5-17(16)23-22/h4-5,9,12-13,15,18,23,25H,6-8,10-11H2,1-3H3/t12-,13-,15-,18+,21-,22-/m0/s1. The molecule has 7 nitrogen and oxygen atoms in total. The van der Waals surface area contributed by atoms with Crippen LogP contribution in [0.3, 0.4) is 0 Å². The van der Waals surface area contributed by atoms with E-state index < -0.39 is 17.1 Å². The van der Waals surface area contributed by atoms with Gasteiger partial charge in [-0.15, -0.1) is 0 Å². The van der Waals surface area contributed by atoms with E-state index in [0.29, 0.717) is 30.7 Å². The molecule has 0 radical (unpaired) electrons. The van der Waals surface area contributed by atoms with E-state index in [4.69, 9.17) is 9.47 Å². The van der Waals surface area contributed by atoms with Crippen LogP contribution in [-0.4, -0.2) is 66.8 Å². The van der Waals surface area contributed by atoms with Crippen molar-refractivity contribution in [3.8, 4) is 5.75 Å². The predicted molar refractivity (Wildman–Crippen MR) is 106 cm³/mol. The van der Waals surface area contributed by atoms with Gasteiger partial charge in [0.1, 0.15) is 16.7 Å². The number of ether oxygens (including phenoxy) is 2. The van der Waals surface area contributed by atoms with E-state index in [1.165, 1.54) is 7.11 Å². The van der Waals surface area contributed by atoms with Crippen molar-refractivity contribution in [1.82, 2.24) is 4.90 Å². The number of piperidine rings is 3. The van der Waals surface area contributed by atoms with E-state index in [9.17, 15) is 14.7 Å². The van der Waals surface area contributed by atoms with Gasteiger partial charge in [0.05, 0.1) is 20.3 Å². The number of rotatable bonds is 3. The fourth-order valence-electron chi connectivity index (χ4n) is 6.87. The Morgan fingerprint density at radius 3 is 2.86 bits per heavy atom. The number of carbonyl (C=O) groups excluding carboxylic acids is 2. The number of hydrogen-bond donors (Lipinski definition) is 2. The lowest BCUT2D eigenvalue weighted by molar-refractivity contribution is -0.200. The van der Waals surface area contributed by atoms with E-state index in [0.717, 1.165) is 18.7 Å². The smallest absolute Gasteiger partial charge is 0.316 e. The first kappa shape index (κ1) is 18.9. The second-order valence-corrected chi connectivity index (χ2v) is 9.13. The van der Waals surface area contributed by atoms with Gasteiger partial charge in [-0.3, -0.25) is 14.5 Å². The third kappa shape index (κ3) is 2.20. The Kier molecular flexibility index (Phi) is 4.03. The fraction of sp³-hybridized carbons (Fsp3) is 0.636. The van der Waals surface area contributed by atoms with E-state index in [1.807, 2.05) is 12.1 Å². The molecular formula is C22H28N2O5. The van der Waals surface area contributed by atoms with Gasteiger partial charge in [-0.05, 0) is 50.3 Å². The number of hydrogen-bond acceptors (Lipinski definition) is 7. The third-order valence-electron chi connectivity index (χ3n) is 7.92. The maximum absolute atomic E-state index is 13.9. The van der Waals surface area contributed by atoms with Crippen LogP contribution in [0.5, 0.6) is 5.75 Å². The quantitative estimate of drug-likeness (QED) is 0.747. The summed E-state index contributed by atoms with van der Waals surface area (Å²) in [6.07, 6.45) is 1.47. The van der Waals surface area contributed by atoms with Gasteiger partial charge in [0.2, 0.25) is 0 Å². The number of aliphatic hydroxyl groups is 1. The molecule has 2 N–H and O–H groups in total. The molecule has 156 valence electrons. The third-order valence-corrected chi connectivity index (χ3v) is 7.92. The largest absolute Gasteiger partial charge is 0.497 e. The van der Waals surface area contributed by atoms with Crippen molar-refractivity contribution < 1.29 is 24.2 Å². The molecule has 1 aromatic rings. The van der Waals surface area contributed by atoms with Gasteiger partial charge < -0.3 is 19.9 Å². The van der Waals surface area contributed by atoms with Crippen LogP contribution in [0.1, 0.15) is 36.5 Å². The summed E-state index contributed by atoms with van der Waals surface area (Å²) in [7, 11) is 2.98. The Hall–Kier alpha value is -2.12. The highest BCUT2D eigenvalue weighted by Gasteiger charge is 2.75. The number of nitrogens with zero attached hydrogens (tertiary/aromatic N) is 1. The Morgan fingerprint density at radius 1 is 1.38 bits per heavy atom. The number of carbonyl (C=O) groups is 2. The topological polar surface area (TPSA) is 88.1 Å². The molecule has 1 aromatic carbocycles. The molecule has 0 aromatic heterocycles. The van der Waals surface area contributed by atoms with Crippen LogP contribution >= 0.6 is 0 Å². The number of fused-ring (bicyclic) bond motifs is 2. The van der Waals surface area contributed by atoms with Crippen LogP contribution < -0.4 is 10.1 Å². The molecule has 4 bridgehead atoms. The first-order valence-corrected chi connectivity index (χ1v) is 10.4. The zero-order valence-corrected chi connectivity index (χ0v) is 17.1. The molecule has 1 saturated carbocycles. The van der Waals surface area contributed by atoms with Gasteiger partial charge in [-0.2, -0.15) is 0 Å². The molecule has 1 spiro atoms. The summed E-state index contributed by atoms with van der Waals surface area (Å²) in [5.41, 5.74) is -0.771. The number of ketones is 1. The molecule has 29 heavy (non-hydrogen) atoms. The second kappa shape index (κ2) is 6.19. The van der Waals surface area contributed by atoms with Crippen molar-refractivity contribution in [2.45, 2.75) is 43.9 Å². The number of nitrogens with one attached hydrogen (secondary N) is 1. The fourth-order valence-corrected chi connectivity index (χ4v) is 6.87. The summed E-state index contributed by atoms with van der Waals surface area (Å²) < 4.78 is 10.7. The average Bonchev–Trinajstić information content (AvgIpc) is 3.02. The Balaban J connectivity index is 1.69. The highest BCUT2D eigenvalue weighted by Crippen LogP contribution is 2.62. The molecule has 4 heterocycles. The molecule has 7 heteroatoms. The van der Waals surface area contributed by atoms with Gasteiger partial charge in [0, 0.05) is 36.3 Å². The molecule has 3 saturated heterocycles. The zero-order chi connectivity index (χ0) is 20.6.